The third kappa shape index (κ3) is 6.16. The lowest BCUT2D eigenvalue weighted by Crippen LogP contribution is -2.43. The molecule has 0 atom stereocenters. The van der Waals surface area contributed by atoms with Gasteiger partial charge in [-0.1, -0.05) is 53.7 Å². The van der Waals surface area contributed by atoms with Crippen molar-refractivity contribution in [1.82, 2.24) is 24.8 Å². The molecule has 0 saturated carbocycles. The van der Waals surface area contributed by atoms with Crippen LogP contribution in [0.25, 0.3) is 11.4 Å². The standard InChI is InChI=1S/C23H26ClN5O4S2/c1-33-20-8-7-18(15-19(20)24)35(31,32)29-12-9-17(10-13-29)22(30)25-11-14-34-23-26-21(27-28-23)16-5-3-2-4-6-16/h2-8,15,17H,9-14H2,1H3,(H,25,30)(H,26,27,28). The van der Waals surface area contributed by atoms with Gasteiger partial charge in [0, 0.05) is 36.9 Å². The number of thioether (sulfide) groups is 1. The molecule has 1 aromatic heterocycles. The maximum Gasteiger partial charge on any atom is 0.243 e. The molecule has 0 unspecified atom stereocenters. The van der Waals surface area contributed by atoms with Crippen molar-refractivity contribution < 1.29 is 17.9 Å². The summed E-state index contributed by atoms with van der Waals surface area (Å²) >= 11 is 7.55. The van der Waals surface area contributed by atoms with Crippen LogP contribution in [-0.2, 0) is 14.8 Å². The summed E-state index contributed by atoms with van der Waals surface area (Å²) in [6.45, 7) is 1.03. The zero-order chi connectivity index (χ0) is 24.8. The van der Waals surface area contributed by atoms with Crippen molar-refractivity contribution in [2.45, 2.75) is 22.9 Å². The predicted octanol–water partition coefficient (Wildman–Crippen LogP) is 3.44. The summed E-state index contributed by atoms with van der Waals surface area (Å²) in [5.74, 6) is 1.47. The number of ether oxygens (including phenoxy) is 1. The molecule has 186 valence electrons. The summed E-state index contributed by atoms with van der Waals surface area (Å²) in [6, 6.07) is 14.1. The Hall–Kier alpha value is -2.60. The van der Waals surface area contributed by atoms with Gasteiger partial charge in [-0.3, -0.25) is 9.89 Å². The molecule has 1 aliphatic heterocycles. The smallest absolute Gasteiger partial charge is 0.243 e. The number of hydrogen-bond acceptors (Lipinski definition) is 7. The summed E-state index contributed by atoms with van der Waals surface area (Å²) in [5.41, 5.74) is 0.962. The molecule has 2 aromatic carbocycles. The van der Waals surface area contributed by atoms with E-state index in [-0.39, 0.29) is 34.8 Å². The lowest BCUT2D eigenvalue weighted by Gasteiger charge is -2.30. The van der Waals surface area contributed by atoms with Gasteiger partial charge in [0.1, 0.15) is 5.75 Å². The van der Waals surface area contributed by atoms with Crippen LogP contribution in [0.2, 0.25) is 5.02 Å². The van der Waals surface area contributed by atoms with Crippen molar-refractivity contribution in [2.75, 3.05) is 32.5 Å². The van der Waals surface area contributed by atoms with Gasteiger partial charge in [-0.15, -0.1) is 5.10 Å². The molecule has 4 rings (SSSR count). The molecule has 0 radical (unpaired) electrons. The Morgan fingerprint density at radius 1 is 1.23 bits per heavy atom. The predicted molar refractivity (Wildman–Crippen MR) is 135 cm³/mol. The topological polar surface area (TPSA) is 117 Å². The minimum Gasteiger partial charge on any atom is -0.495 e. The number of halogens is 1. The Labute approximate surface area is 213 Å². The number of benzene rings is 2. The molecule has 35 heavy (non-hydrogen) atoms. The average Bonchev–Trinajstić information content (AvgIpc) is 3.36. The Balaban J connectivity index is 1.22. The number of H-pyrrole nitrogens is 1. The number of rotatable bonds is 9. The maximum atomic E-state index is 13.0. The summed E-state index contributed by atoms with van der Waals surface area (Å²) in [7, 11) is -2.21. The van der Waals surface area contributed by atoms with Gasteiger partial charge in [0.05, 0.1) is 17.0 Å². The molecule has 1 fully saturated rings. The lowest BCUT2D eigenvalue weighted by atomic mass is 9.97. The van der Waals surface area contributed by atoms with E-state index in [0.29, 0.717) is 41.9 Å². The number of aromatic nitrogens is 3. The number of piperidine rings is 1. The Kier molecular flexibility index (Phi) is 8.32. The number of nitrogens with one attached hydrogen (secondary N) is 2. The van der Waals surface area contributed by atoms with E-state index in [2.05, 4.69) is 20.5 Å². The van der Waals surface area contributed by atoms with Crippen LogP contribution in [0, 0.1) is 5.92 Å². The van der Waals surface area contributed by atoms with Gasteiger partial charge in [-0.25, -0.2) is 13.4 Å². The summed E-state index contributed by atoms with van der Waals surface area (Å²) in [6.07, 6.45) is 0.924. The van der Waals surface area contributed by atoms with E-state index in [4.69, 9.17) is 16.3 Å². The van der Waals surface area contributed by atoms with Gasteiger partial charge in [0.25, 0.3) is 0 Å². The monoisotopic (exact) mass is 535 g/mol. The Morgan fingerprint density at radius 2 is 1.97 bits per heavy atom. The van der Waals surface area contributed by atoms with E-state index in [1.54, 1.807) is 0 Å². The van der Waals surface area contributed by atoms with Crippen LogP contribution in [0.4, 0.5) is 0 Å². The number of carbonyl (C=O) groups is 1. The maximum absolute atomic E-state index is 13.0. The first-order valence-corrected chi connectivity index (χ1v) is 13.9. The third-order valence-corrected chi connectivity index (χ3v) is 8.77. The summed E-state index contributed by atoms with van der Waals surface area (Å²) in [4.78, 5) is 17.2. The third-order valence-electron chi connectivity index (χ3n) is 5.73. The van der Waals surface area contributed by atoms with Crippen LogP contribution >= 0.6 is 23.4 Å². The van der Waals surface area contributed by atoms with Gasteiger partial charge in [0.2, 0.25) is 21.1 Å². The first-order valence-electron chi connectivity index (χ1n) is 11.1. The second-order valence-corrected chi connectivity index (χ2v) is 11.4. The van der Waals surface area contributed by atoms with Crippen molar-refractivity contribution in [2.24, 2.45) is 5.92 Å². The molecule has 9 nitrogen and oxygen atoms in total. The van der Waals surface area contributed by atoms with Gasteiger partial charge in [-0.05, 0) is 31.0 Å². The van der Waals surface area contributed by atoms with Crippen molar-refractivity contribution in [3.63, 3.8) is 0 Å². The Morgan fingerprint density at radius 3 is 2.66 bits per heavy atom. The molecule has 2 heterocycles. The molecule has 0 spiro atoms. The zero-order valence-electron chi connectivity index (χ0n) is 19.1. The van der Waals surface area contributed by atoms with Crippen LogP contribution in [-0.4, -0.2) is 66.3 Å². The fraction of sp³-hybridized carbons (Fsp3) is 0.348. The van der Waals surface area contributed by atoms with Gasteiger partial charge >= 0.3 is 0 Å². The van der Waals surface area contributed by atoms with Crippen molar-refractivity contribution in [3.05, 3.63) is 53.6 Å². The minimum absolute atomic E-state index is 0.0601. The van der Waals surface area contributed by atoms with Crippen LogP contribution in [0.1, 0.15) is 12.8 Å². The first kappa shape index (κ1) is 25.5. The van der Waals surface area contributed by atoms with E-state index >= 15 is 0 Å². The zero-order valence-corrected chi connectivity index (χ0v) is 21.5. The largest absolute Gasteiger partial charge is 0.495 e. The number of hydrogen-bond donors (Lipinski definition) is 2. The SMILES string of the molecule is COc1ccc(S(=O)(=O)N2CCC(C(=O)NCCSc3n[nH]c(-c4ccccc4)n3)CC2)cc1Cl. The molecule has 3 aromatic rings. The molecule has 2 N–H and O–H groups in total. The molecule has 0 bridgehead atoms. The highest BCUT2D eigenvalue weighted by Crippen LogP contribution is 2.30. The highest BCUT2D eigenvalue weighted by molar-refractivity contribution is 7.99. The number of carbonyl (C=O) groups excluding carboxylic acids is 1. The molecular weight excluding hydrogens is 510 g/mol. The van der Waals surface area contributed by atoms with E-state index in [1.807, 2.05) is 30.3 Å². The van der Waals surface area contributed by atoms with Gasteiger partial charge < -0.3 is 10.1 Å². The first-order chi connectivity index (χ1) is 16.9. The van der Waals surface area contributed by atoms with E-state index in [9.17, 15) is 13.2 Å². The highest BCUT2D eigenvalue weighted by atomic mass is 35.5. The highest BCUT2D eigenvalue weighted by Gasteiger charge is 2.32. The van der Waals surface area contributed by atoms with E-state index < -0.39 is 10.0 Å². The van der Waals surface area contributed by atoms with Crippen molar-refractivity contribution in [3.8, 4) is 17.1 Å². The van der Waals surface area contributed by atoms with Crippen LogP contribution < -0.4 is 10.1 Å². The molecule has 1 amide bonds. The lowest BCUT2D eigenvalue weighted by molar-refractivity contribution is -0.125. The van der Waals surface area contributed by atoms with Crippen molar-refractivity contribution in [1.29, 1.82) is 0 Å². The molecule has 1 aliphatic rings. The van der Waals surface area contributed by atoms with Gasteiger partial charge in [-0.2, -0.15) is 4.31 Å². The fourth-order valence-corrected chi connectivity index (χ4v) is 6.28. The van der Waals surface area contributed by atoms with Crippen LogP contribution in [0.5, 0.6) is 5.75 Å². The van der Waals surface area contributed by atoms with Crippen LogP contribution in [0.15, 0.2) is 58.6 Å². The summed E-state index contributed by atoms with van der Waals surface area (Å²) < 4.78 is 32.4. The van der Waals surface area contributed by atoms with E-state index in [1.165, 1.54) is 41.4 Å². The quantitative estimate of drug-likeness (QED) is 0.318. The fourth-order valence-electron chi connectivity index (χ4n) is 3.81. The number of aromatic amines is 1. The molecule has 1 saturated heterocycles. The normalized spacial score (nSPS) is 15.1. The molecule has 12 heteroatoms. The second kappa shape index (κ2) is 11.4. The molecule has 0 aliphatic carbocycles. The average molecular weight is 536 g/mol. The minimum atomic E-state index is -3.69. The van der Waals surface area contributed by atoms with E-state index in [0.717, 1.165) is 5.56 Å². The Bertz CT molecular complexity index is 1260. The number of methoxy groups -OCH3 is 1. The second-order valence-electron chi connectivity index (χ2n) is 7.95. The number of amides is 1. The van der Waals surface area contributed by atoms with Crippen molar-refractivity contribution >= 4 is 39.3 Å². The number of nitrogens with zero attached hydrogens (tertiary/aromatic N) is 3. The number of sulfonamides is 1. The van der Waals surface area contributed by atoms with Crippen LogP contribution in [0.3, 0.4) is 0 Å². The summed E-state index contributed by atoms with van der Waals surface area (Å²) in [5, 5.41) is 10.9. The van der Waals surface area contributed by atoms with Gasteiger partial charge in [0.15, 0.2) is 5.82 Å². The molecular formula is C23H26ClN5O4S2.